The summed E-state index contributed by atoms with van der Waals surface area (Å²) in [4.78, 5) is 0. The van der Waals surface area contributed by atoms with Gasteiger partial charge >= 0.3 is 0 Å². The zero-order chi connectivity index (χ0) is 7.40. The number of methoxy groups -OCH3 is 1. The Bertz CT molecular complexity index is 91.3. The normalized spacial score (nSPS) is 34.2. The molecule has 0 bridgehead atoms. The van der Waals surface area contributed by atoms with Crippen LogP contribution in [0.15, 0.2) is 0 Å². The standard InChI is InChI=1S/C8H16O2/c1-10-6-7-4-2-3-5-8(7)9/h7-9H,2-6H2,1H3/t7-,8-/m0/s1. The lowest BCUT2D eigenvalue weighted by atomic mass is 9.87. The van der Waals surface area contributed by atoms with Gasteiger partial charge in [-0.05, 0) is 12.8 Å². The van der Waals surface area contributed by atoms with Gasteiger partial charge in [0.1, 0.15) is 0 Å². The maximum atomic E-state index is 9.42. The van der Waals surface area contributed by atoms with Gasteiger partial charge in [-0.3, -0.25) is 0 Å². The van der Waals surface area contributed by atoms with Crippen LogP contribution in [0.4, 0.5) is 0 Å². The molecule has 0 heterocycles. The first-order chi connectivity index (χ1) is 4.84. The second-order valence-electron chi connectivity index (χ2n) is 3.07. The monoisotopic (exact) mass is 144 g/mol. The molecule has 0 aromatic heterocycles. The summed E-state index contributed by atoms with van der Waals surface area (Å²) in [6.45, 7) is 0.723. The van der Waals surface area contributed by atoms with Crippen molar-refractivity contribution in [2.24, 2.45) is 5.92 Å². The highest BCUT2D eigenvalue weighted by Crippen LogP contribution is 2.23. The Morgan fingerprint density at radius 2 is 2.10 bits per heavy atom. The van der Waals surface area contributed by atoms with Crippen molar-refractivity contribution in [2.75, 3.05) is 13.7 Å². The highest BCUT2D eigenvalue weighted by atomic mass is 16.5. The third kappa shape index (κ3) is 1.96. The van der Waals surface area contributed by atoms with Crippen molar-refractivity contribution in [1.82, 2.24) is 0 Å². The van der Waals surface area contributed by atoms with Crippen LogP contribution in [-0.2, 0) is 4.74 Å². The van der Waals surface area contributed by atoms with Gasteiger partial charge in [0.15, 0.2) is 0 Å². The van der Waals surface area contributed by atoms with Crippen LogP contribution in [0.1, 0.15) is 25.7 Å². The maximum Gasteiger partial charge on any atom is 0.0590 e. The minimum Gasteiger partial charge on any atom is -0.393 e. The molecule has 60 valence electrons. The molecule has 0 aromatic carbocycles. The van der Waals surface area contributed by atoms with Crippen LogP contribution in [0.2, 0.25) is 0 Å². The summed E-state index contributed by atoms with van der Waals surface area (Å²) < 4.78 is 4.99. The number of ether oxygens (including phenoxy) is 1. The quantitative estimate of drug-likeness (QED) is 0.630. The fourth-order valence-corrected chi connectivity index (χ4v) is 1.60. The van der Waals surface area contributed by atoms with Crippen LogP contribution in [0.5, 0.6) is 0 Å². The van der Waals surface area contributed by atoms with Crippen molar-refractivity contribution >= 4 is 0 Å². The molecular weight excluding hydrogens is 128 g/mol. The third-order valence-corrected chi connectivity index (χ3v) is 2.25. The van der Waals surface area contributed by atoms with Crippen molar-refractivity contribution < 1.29 is 9.84 Å². The molecule has 1 saturated carbocycles. The van der Waals surface area contributed by atoms with Crippen LogP contribution in [-0.4, -0.2) is 24.9 Å². The fraction of sp³-hybridized carbons (Fsp3) is 1.00. The van der Waals surface area contributed by atoms with E-state index in [4.69, 9.17) is 4.74 Å². The molecule has 0 radical (unpaired) electrons. The van der Waals surface area contributed by atoms with E-state index in [0.717, 1.165) is 19.4 Å². The first-order valence-electron chi connectivity index (χ1n) is 4.01. The summed E-state index contributed by atoms with van der Waals surface area (Å²) in [7, 11) is 1.70. The number of hydrogen-bond donors (Lipinski definition) is 1. The number of rotatable bonds is 2. The van der Waals surface area contributed by atoms with Crippen LogP contribution in [0.25, 0.3) is 0 Å². The van der Waals surface area contributed by atoms with Gasteiger partial charge < -0.3 is 9.84 Å². The summed E-state index contributed by atoms with van der Waals surface area (Å²) in [6, 6.07) is 0. The minimum atomic E-state index is -0.103. The van der Waals surface area contributed by atoms with Crippen molar-refractivity contribution in [3.05, 3.63) is 0 Å². The predicted octanol–water partition coefficient (Wildman–Crippen LogP) is 1.18. The summed E-state index contributed by atoms with van der Waals surface area (Å²) >= 11 is 0. The molecule has 1 rings (SSSR count). The molecule has 0 amide bonds. The van der Waals surface area contributed by atoms with Crippen molar-refractivity contribution in [2.45, 2.75) is 31.8 Å². The predicted molar refractivity (Wildman–Crippen MR) is 39.8 cm³/mol. The Hall–Kier alpha value is -0.0800. The number of hydrogen-bond acceptors (Lipinski definition) is 2. The summed E-state index contributed by atoms with van der Waals surface area (Å²) in [6.07, 6.45) is 4.43. The van der Waals surface area contributed by atoms with E-state index in [-0.39, 0.29) is 6.10 Å². The molecule has 2 heteroatoms. The second kappa shape index (κ2) is 3.94. The van der Waals surface area contributed by atoms with Gasteiger partial charge in [0.2, 0.25) is 0 Å². The van der Waals surface area contributed by atoms with Crippen LogP contribution >= 0.6 is 0 Å². The summed E-state index contributed by atoms with van der Waals surface area (Å²) in [5, 5.41) is 9.42. The fourth-order valence-electron chi connectivity index (χ4n) is 1.60. The second-order valence-corrected chi connectivity index (χ2v) is 3.07. The van der Waals surface area contributed by atoms with E-state index in [1.807, 2.05) is 0 Å². The molecule has 2 nitrogen and oxygen atoms in total. The van der Waals surface area contributed by atoms with Gasteiger partial charge in [-0.1, -0.05) is 12.8 Å². The summed E-state index contributed by atoms with van der Waals surface area (Å²) in [5.41, 5.74) is 0. The average molecular weight is 144 g/mol. The molecule has 0 aliphatic heterocycles. The van der Waals surface area contributed by atoms with Gasteiger partial charge in [0, 0.05) is 13.0 Å². The highest BCUT2D eigenvalue weighted by Gasteiger charge is 2.22. The van der Waals surface area contributed by atoms with Crippen LogP contribution < -0.4 is 0 Å². The van der Waals surface area contributed by atoms with E-state index in [0.29, 0.717) is 5.92 Å². The average Bonchev–Trinajstić information content (AvgIpc) is 1.94. The maximum absolute atomic E-state index is 9.42. The molecule has 10 heavy (non-hydrogen) atoms. The van der Waals surface area contributed by atoms with E-state index in [2.05, 4.69) is 0 Å². The molecule has 0 aromatic rings. The van der Waals surface area contributed by atoms with Crippen LogP contribution in [0.3, 0.4) is 0 Å². The first-order valence-corrected chi connectivity index (χ1v) is 4.01. The molecule has 1 fully saturated rings. The van der Waals surface area contributed by atoms with Crippen molar-refractivity contribution in [3.8, 4) is 0 Å². The topological polar surface area (TPSA) is 29.5 Å². The van der Waals surface area contributed by atoms with Gasteiger partial charge in [-0.25, -0.2) is 0 Å². The van der Waals surface area contributed by atoms with Gasteiger partial charge in [0.05, 0.1) is 12.7 Å². The Balaban J connectivity index is 2.25. The van der Waals surface area contributed by atoms with Crippen LogP contribution in [0, 0.1) is 5.92 Å². The smallest absolute Gasteiger partial charge is 0.0590 e. The Labute approximate surface area is 62.2 Å². The SMILES string of the molecule is COC[C@@H]1CCCC[C@@H]1O. The molecule has 1 N–H and O–H groups in total. The molecule has 2 atom stereocenters. The molecule has 1 aliphatic carbocycles. The lowest BCUT2D eigenvalue weighted by Gasteiger charge is -2.26. The first kappa shape index (κ1) is 8.02. The van der Waals surface area contributed by atoms with E-state index in [1.165, 1.54) is 12.8 Å². The third-order valence-electron chi connectivity index (χ3n) is 2.25. The molecule has 0 saturated heterocycles. The Kier molecular flexibility index (Phi) is 3.16. The molecule has 0 spiro atoms. The zero-order valence-corrected chi connectivity index (χ0v) is 6.55. The minimum absolute atomic E-state index is 0.103. The van der Waals surface area contributed by atoms with Gasteiger partial charge in [-0.15, -0.1) is 0 Å². The van der Waals surface area contributed by atoms with E-state index >= 15 is 0 Å². The zero-order valence-electron chi connectivity index (χ0n) is 6.55. The van der Waals surface area contributed by atoms with E-state index in [9.17, 15) is 5.11 Å². The number of aliphatic hydroxyl groups excluding tert-OH is 1. The molecule has 0 unspecified atom stereocenters. The number of aliphatic hydroxyl groups is 1. The summed E-state index contributed by atoms with van der Waals surface area (Å²) in [5.74, 6) is 0.402. The van der Waals surface area contributed by atoms with Gasteiger partial charge in [0.25, 0.3) is 0 Å². The van der Waals surface area contributed by atoms with Crippen molar-refractivity contribution in [1.29, 1.82) is 0 Å². The van der Waals surface area contributed by atoms with Crippen molar-refractivity contribution in [3.63, 3.8) is 0 Å². The van der Waals surface area contributed by atoms with E-state index < -0.39 is 0 Å². The highest BCUT2D eigenvalue weighted by molar-refractivity contribution is 4.73. The molecule has 1 aliphatic rings. The molecular formula is C8H16O2. The largest absolute Gasteiger partial charge is 0.393 e. The lowest BCUT2D eigenvalue weighted by Crippen LogP contribution is -2.27. The van der Waals surface area contributed by atoms with Gasteiger partial charge in [-0.2, -0.15) is 0 Å². The Morgan fingerprint density at radius 3 is 2.70 bits per heavy atom. The van der Waals surface area contributed by atoms with E-state index in [1.54, 1.807) is 7.11 Å². The Morgan fingerprint density at radius 1 is 1.40 bits per heavy atom. The lowest BCUT2D eigenvalue weighted by molar-refractivity contribution is 0.0209.